The van der Waals surface area contributed by atoms with Crippen LogP contribution in [0.1, 0.15) is 28.5 Å². The number of rotatable bonds is 3. The molecule has 0 fully saturated rings. The summed E-state index contributed by atoms with van der Waals surface area (Å²) in [4.78, 5) is 25.8. The molecule has 0 bridgehead atoms. The first kappa shape index (κ1) is 12.4. The second-order valence-corrected chi connectivity index (χ2v) is 3.90. The molecule has 0 unspecified atom stereocenters. The lowest BCUT2D eigenvalue weighted by Gasteiger charge is -2.08. The molecule has 0 aliphatic carbocycles. The summed E-state index contributed by atoms with van der Waals surface area (Å²) in [6, 6.07) is 1.73. The number of aryl methyl sites for hydroxylation is 2. The summed E-state index contributed by atoms with van der Waals surface area (Å²) in [5, 5.41) is 11.5. The van der Waals surface area contributed by atoms with Gasteiger partial charge in [-0.2, -0.15) is 0 Å². The smallest absolute Gasteiger partial charge is 0.261 e. The van der Waals surface area contributed by atoms with Crippen LogP contribution in [0.5, 0.6) is 0 Å². The first-order valence-electron chi connectivity index (χ1n) is 5.08. The zero-order chi connectivity index (χ0) is 12.3. The van der Waals surface area contributed by atoms with Crippen LogP contribution in [0.3, 0.4) is 0 Å². The van der Waals surface area contributed by atoms with Gasteiger partial charge in [-0.15, -0.1) is 0 Å². The van der Waals surface area contributed by atoms with Crippen LogP contribution in [-0.4, -0.2) is 28.6 Å². The van der Waals surface area contributed by atoms with Crippen LogP contribution in [0.25, 0.3) is 0 Å². The summed E-state index contributed by atoms with van der Waals surface area (Å²) in [7, 11) is 0. The molecule has 0 saturated heterocycles. The van der Waals surface area contributed by atoms with Gasteiger partial charge >= 0.3 is 0 Å². The Labute approximate surface area is 93.5 Å². The van der Waals surface area contributed by atoms with E-state index < -0.39 is 17.6 Å². The molecule has 16 heavy (non-hydrogen) atoms. The quantitative estimate of drug-likeness (QED) is 0.681. The summed E-state index contributed by atoms with van der Waals surface area (Å²) >= 11 is 0. The molecule has 0 radical (unpaired) electrons. The van der Waals surface area contributed by atoms with Gasteiger partial charge in [0.05, 0.1) is 6.10 Å². The minimum Gasteiger partial charge on any atom is -0.392 e. The normalized spacial score (nSPS) is 12.2. The number of amides is 1. The number of carbonyl (C=O) groups is 1. The topological polar surface area (TPSA) is 82.2 Å². The maximum absolute atomic E-state index is 11.7. The third-order valence-electron chi connectivity index (χ3n) is 2.15. The number of aliphatic hydroxyl groups excluding tert-OH is 1. The number of H-pyrrole nitrogens is 1. The number of nitrogens with one attached hydrogen (secondary N) is 2. The van der Waals surface area contributed by atoms with Crippen molar-refractivity contribution in [1.82, 2.24) is 10.3 Å². The Bertz CT molecular complexity index is 449. The van der Waals surface area contributed by atoms with Gasteiger partial charge in [0.25, 0.3) is 11.5 Å². The van der Waals surface area contributed by atoms with Crippen molar-refractivity contribution in [2.75, 3.05) is 6.54 Å². The first-order chi connectivity index (χ1) is 7.41. The molecule has 1 heterocycles. The van der Waals surface area contributed by atoms with E-state index in [0.717, 1.165) is 5.69 Å². The van der Waals surface area contributed by atoms with Crippen LogP contribution in [-0.2, 0) is 0 Å². The number of hydrogen-bond donors (Lipinski definition) is 3. The first-order valence-corrected chi connectivity index (χ1v) is 5.08. The third kappa shape index (κ3) is 2.93. The summed E-state index contributed by atoms with van der Waals surface area (Å²) in [6.45, 7) is 5.16. The van der Waals surface area contributed by atoms with Gasteiger partial charge in [-0.05, 0) is 32.4 Å². The highest BCUT2D eigenvalue weighted by Gasteiger charge is 2.14. The Morgan fingerprint density at radius 3 is 2.69 bits per heavy atom. The van der Waals surface area contributed by atoms with E-state index in [2.05, 4.69) is 10.3 Å². The molecule has 0 spiro atoms. The molecular formula is C11H16N2O3. The number of aromatic amines is 1. The summed E-state index contributed by atoms with van der Waals surface area (Å²) in [5.74, 6) is -0.459. The molecule has 3 N–H and O–H groups in total. The molecule has 0 aromatic carbocycles. The summed E-state index contributed by atoms with van der Waals surface area (Å²) in [5.41, 5.74) is 1.05. The van der Waals surface area contributed by atoms with E-state index in [9.17, 15) is 9.59 Å². The van der Waals surface area contributed by atoms with Crippen molar-refractivity contribution in [2.45, 2.75) is 26.9 Å². The van der Waals surface area contributed by atoms with Crippen molar-refractivity contribution in [3.8, 4) is 0 Å². The predicted molar refractivity (Wildman–Crippen MR) is 60.6 cm³/mol. The fraction of sp³-hybridized carbons (Fsp3) is 0.455. The van der Waals surface area contributed by atoms with Gasteiger partial charge in [0.2, 0.25) is 0 Å². The van der Waals surface area contributed by atoms with E-state index in [-0.39, 0.29) is 12.1 Å². The average molecular weight is 224 g/mol. The van der Waals surface area contributed by atoms with Crippen molar-refractivity contribution in [2.24, 2.45) is 0 Å². The predicted octanol–water partition coefficient (Wildman–Crippen LogP) is 0.102. The van der Waals surface area contributed by atoms with Crippen LogP contribution in [0.4, 0.5) is 0 Å². The van der Waals surface area contributed by atoms with Crippen LogP contribution in [0.15, 0.2) is 10.9 Å². The number of aliphatic hydroxyl groups is 1. The largest absolute Gasteiger partial charge is 0.392 e. The maximum atomic E-state index is 11.7. The molecule has 5 heteroatoms. The third-order valence-corrected chi connectivity index (χ3v) is 2.15. The Morgan fingerprint density at radius 2 is 2.19 bits per heavy atom. The fourth-order valence-corrected chi connectivity index (χ4v) is 1.46. The molecular weight excluding hydrogens is 208 g/mol. The lowest BCUT2D eigenvalue weighted by Crippen LogP contribution is -2.35. The van der Waals surface area contributed by atoms with Crippen LogP contribution in [0, 0.1) is 13.8 Å². The molecule has 1 aromatic heterocycles. The summed E-state index contributed by atoms with van der Waals surface area (Å²) < 4.78 is 0. The molecule has 5 nitrogen and oxygen atoms in total. The number of hydrogen-bond acceptors (Lipinski definition) is 3. The minimum absolute atomic E-state index is 0.103. The molecule has 1 atom stereocenters. The zero-order valence-corrected chi connectivity index (χ0v) is 9.63. The van der Waals surface area contributed by atoms with Gasteiger partial charge in [0.1, 0.15) is 5.56 Å². The highest BCUT2D eigenvalue weighted by molar-refractivity contribution is 5.95. The SMILES string of the molecule is Cc1cc(C)c(C(=O)NC[C@H](C)O)c(=O)[nH]1. The van der Waals surface area contributed by atoms with Crippen molar-refractivity contribution >= 4 is 5.91 Å². The lowest BCUT2D eigenvalue weighted by molar-refractivity contribution is 0.0922. The molecule has 88 valence electrons. The van der Waals surface area contributed by atoms with Gasteiger partial charge in [0, 0.05) is 12.2 Å². The van der Waals surface area contributed by atoms with Gasteiger partial charge in [-0.1, -0.05) is 0 Å². The second kappa shape index (κ2) is 4.94. The second-order valence-electron chi connectivity index (χ2n) is 3.90. The molecule has 1 rings (SSSR count). The molecule has 0 aliphatic heterocycles. The van der Waals surface area contributed by atoms with E-state index in [4.69, 9.17) is 5.11 Å². The fourth-order valence-electron chi connectivity index (χ4n) is 1.46. The molecule has 1 amide bonds. The van der Waals surface area contributed by atoms with Crippen molar-refractivity contribution in [3.05, 3.63) is 33.2 Å². The zero-order valence-electron chi connectivity index (χ0n) is 9.63. The van der Waals surface area contributed by atoms with E-state index in [1.807, 2.05) is 0 Å². The van der Waals surface area contributed by atoms with Crippen molar-refractivity contribution in [3.63, 3.8) is 0 Å². The van der Waals surface area contributed by atoms with Gasteiger partial charge in [0.15, 0.2) is 0 Å². The van der Waals surface area contributed by atoms with E-state index in [0.29, 0.717) is 5.56 Å². The Morgan fingerprint density at radius 1 is 1.56 bits per heavy atom. The van der Waals surface area contributed by atoms with Crippen LogP contribution in [0.2, 0.25) is 0 Å². The Hall–Kier alpha value is -1.62. The van der Waals surface area contributed by atoms with Gasteiger partial charge in [-0.3, -0.25) is 9.59 Å². The lowest BCUT2D eigenvalue weighted by atomic mass is 10.1. The van der Waals surface area contributed by atoms with Crippen LogP contribution < -0.4 is 10.9 Å². The summed E-state index contributed by atoms with van der Waals surface area (Å²) in [6.07, 6.45) is -0.631. The van der Waals surface area contributed by atoms with E-state index in [1.54, 1.807) is 26.8 Å². The highest BCUT2D eigenvalue weighted by Crippen LogP contribution is 2.03. The highest BCUT2D eigenvalue weighted by atomic mass is 16.3. The minimum atomic E-state index is -0.631. The standard InChI is InChI=1S/C11H16N2O3/c1-6-4-7(2)13-11(16)9(6)10(15)12-5-8(3)14/h4,8,14H,5H2,1-3H3,(H,12,15)(H,13,16)/t8-/m0/s1. The number of carbonyl (C=O) groups excluding carboxylic acids is 1. The van der Waals surface area contributed by atoms with E-state index >= 15 is 0 Å². The van der Waals surface area contributed by atoms with Crippen molar-refractivity contribution < 1.29 is 9.90 Å². The molecule has 1 aromatic rings. The number of aromatic nitrogens is 1. The Balaban J connectivity index is 2.96. The molecule has 0 saturated carbocycles. The van der Waals surface area contributed by atoms with Crippen molar-refractivity contribution in [1.29, 1.82) is 0 Å². The monoisotopic (exact) mass is 224 g/mol. The van der Waals surface area contributed by atoms with E-state index in [1.165, 1.54) is 0 Å². The average Bonchev–Trinajstić information content (AvgIpc) is 2.12. The van der Waals surface area contributed by atoms with Crippen LogP contribution >= 0.6 is 0 Å². The number of pyridine rings is 1. The molecule has 0 aliphatic rings. The van der Waals surface area contributed by atoms with Gasteiger partial charge in [-0.25, -0.2) is 0 Å². The van der Waals surface area contributed by atoms with Gasteiger partial charge < -0.3 is 15.4 Å². The maximum Gasteiger partial charge on any atom is 0.261 e. The Kier molecular flexibility index (Phi) is 3.84.